The lowest BCUT2D eigenvalue weighted by Gasteiger charge is -2.12. The number of rotatable bonds is 3. The molecule has 1 aromatic carbocycles. The van der Waals surface area contributed by atoms with Crippen LogP contribution in [-0.4, -0.2) is 27.5 Å². The van der Waals surface area contributed by atoms with Gasteiger partial charge in [-0.1, -0.05) is 11.6 Å². The van der Waals surface area contributed by atoms with Gasteiger partial charge in [-0.25, -0.2) is 13.1 Å². The minimum atomic E-state index is -3.48. The van der Waals surface area contributed by atoms with Crippen molar-refractivity contribution in [1.29, 1.82) is 0 Å². The van der Waals surface area contributed by atoms with E-state index in [0.29, 0.717) is 16.0 Å². The minimum absolute atomic E-state index is 0.0394. The van der Waals surface area contributed by atoms with Crippen LogP contribution in [0.2, 0.25) is 5.02 Å². The summed E-state index contributed by atoms with van der Waals surface area (Å²) in [7, 11) is -3.48. The Bertz CT molecular complexity index is 515. The summed E-state index contributed by atoms with van der Waals surface area (Å²) < 4.78 is 27.4. The summed E-state index contributed by atoms with van der Waals surface area (Å²) in [6, 6.07) is 4.56. The molecule has 0 saturated carbocycles. The van der Waals surface area contributed by atoms with E-state index < -0.39 is 10.0 Å². The van der Waals surface area contributed by atoms with Gasteiger partial charge >= 0.3 is 0 Å². The molecule has 1 saturated heterocycles. The van der Waals surface area contributed by atoms with Gasteiger partial charge in [-0.05, 0) is 47.1 Å². The van der Waals surface area contributed by atoms with Crippen molar-refractivity contribution in [2.75, 3.05) is 13.1 Å². The highest BCUT2D eigenvalue weighted by molar-refractivity contribution is 9.10. The highest BCUT2D eigenvalue weighted by Gasteiger charge is 2.22. The van der Waals surface area contributed by atoms with Crippen LogP contribution in [0.5, 0.6) is 0 Å². The van der Waals surface area contributed by atoms with E-state index in [2.05, 4.69) is 26.0 Å². The van der Waals surface area contributed by atoms with E-state index in [4.69, 9.17) is 11.6 Å². The third-order valence-electron chi connectivity index (χ3n) is 2.58. The molecule has 1 atom stereocenters. The molecular formula is C10H12BrClN2O2S. The second-order valence-electron chi connectivity index (χ2n) is 3.89. The molecule has 0 amide bonds. The zero-order chi connectivity index (χ0) is 12.5. The SMILES string of the molecule is O=S(=O)(NC1CCNC1)c1ccc(Br)c(Cl)c1. The number of halogens is 2. The summed E-state index contributed by atoms with van der Waals surface area (Å²) in [6.45, 7) is 1.51. The van der Waals surface area contributed by atoms with Crippen molar-refractivity contribution >= 4 is 37.6 Å². The smallest absolute Gasteiger partial charge is 0.240 e. The Hall–Kier alpha value is -0.140. The number of hydrogen-bond donors (Lipinski definition) is 2. The van der Waals surface area contributed by atoms with E-state index >= 15 is 0 Å². The Balaban J connectivity index is 2.21. The Morgan fingerprint density at radius 2 is 2.24 bits per heavy atom. The molecule has 7 heteroatoms. The van der Waals surface area contributed by atoms with Crippen molar-refractivity contribution < 1.29 is 8.42 Å². The van der Waals surface area contributed by atoms with Crippen molar-refractivity contribution in [3.63, 3.8) is 0 Å². The molecule has 0 aromatic heterocycles. The molecule has 1 aliphatic heterocycles. The summed E-state index contributed by atoms with van der Waals surface area (Å²) in [6.07, 6.45) is 0.809. The van der Waals surface area contributed by atoms with Gasteiger partial charge < -0.3 is 5.32 Å². The molecule has 1 aromatic rings. The predicted molar refractivity (Wildman–Crippen MR) is 70.7 cm³/mol. The normalized spacial score (nSPS) is 20.7. The maximum Gasteiger partial charge on any atom is 0.240 e. The Morgan fingerprint density at radius 3 is 2.82 bits per heavy atom. The fourth-order valence-corrected chi connectivity index (χ4v) is 3.47. The maximum atomic E-state index is 12.0. The predicted octanol–water partition coefficient (Wildman–Crippen LogP) is 1.74. The van der Waals surface area contributed by atoms with E-state index in [1.54, 1.807) is 6.07 Å². The van der Waals surface area contributed by atoms with Gasteiger partial charge in [0.1, 0.15) is 0 Å². The molecule has 1 aliphatic rings. The standard InChI is InChI=1S/C10H12BrClN2O2S/c11-9-2-1-8(5-10(9)12)17(15,16)14-7-3-4-13-6-7/h1-2,5,7,13-14H,3-4,6H2. The van der Waals surface area contributed by atoms with Crippen LogP contribution in [0.25, 0.3) is 0 Å². The molecule has 2 rings (SSSR count). The topological polar surface area (TPSA) is 58.2 Å². The first-order chi connectivity index (χ1) is 7.99. The van der Waals surface area contributed by atoms with Gasteiger partial charge in [0.2, 0.25) is 10.0 Å². The highest BCUT2D eigenvalue weighted by Crippen LogP contribution is 2.25. The van der Waals surface area contributed by atoms with Crippen LogP contribution < -0.4 is 10.0 Å². The molecule has 17 heavy (non-hydrogen) atoms. The van der Waals surface area contributed by atoms with Gasteiger partial charge in [0.05, 0.1) is 9.92 Å². The number of sulfonamides is 1. The first-order valence-corrected chi connectivity index (χ1v) is 7.82. The van der Waals surface area contributed by atoms with Crippen molar-refractivity contribution in [3.8, 4) is 0 Å². The molecule has 1 fully saturated rings. The van der Waals surface area contributed by atoms with Crippen LogP contribution in [0.1, 0.15) is 6.42 Å². The van der Waals surface area contributed by atoms with Gasteiger partial charge in [0.15, 0.2) is 0 Å². The van der Waals surface area contributed by atoms with Crippen LogP contribution in [0.4, 0.5) is 0 Å². The van der Waals surface area contributed by atoms with Crippen LogP contribution in [0.3, 0.4) is 0 Å². The zero-order valence-electron chi connectivity index (χ0n) is 8.91. The zero-order valence-corrected chi connectivity index (χ0v) is 12.1. The van der Waals surface area contributed by atoms with Gasteiger partial charge in [-0.2, -0.15) is 0 Å². The Labute approximate surface area is 114 Å². The summed E-state index contributed by atoms with van der Waals surface area (Å²) in [5.74, 6) is 0. The molecule has 1 unspecified atom stereocenters. The quantitative estimate of drug-likeness (QED) is 0.882. The molecule has 94 valence electrons. The number of nitrogens with one attached hydrogen (secondary N) is 2. The van der Waals surface area contributed by atoms with Crippen molar-refractivity contribution in [3.05, 3.63) is 27.7 Å². The number of hydrogen-bond acceptors (Lipinski definition) is 3. The first-order valence-electron chi connectivity index (χ1n) is 5.17. The van der Waals surface area contributed by atoms with Gasteiger partial charge in [0, 0.05) is 17.1 Å². The van der Waals surface area contributed by atoms with E-state index in [1.165, 1.54) is 12.1 Å². The fourth-order valence-electron chi connectivity index (χ4n) is 1.69. The largest absolute Gasteiger partial charge is 0.315 e. The third kappa shape index (κ3) is 3.20. The second kappa shape index (κ2) is 5.24. The van der Waals surface area contributed by atoms with E-state index in [9.17, 15) is 8.42 Å². The summed E-state index contributed by atoms with van der Waals surface area (Å²) >= 11 is 9.11. The van der Waals surface area contributed by atoms with Crippen molar-refractivity contribution in [2.24, 2.45) is 0 Å². The number of benzene rings is 1. The molecule has 0 bridgehead atoms. The molecule has 2 N–H and O–H groups in total. The molecule has 0 spiro atoms. The van der Waals surface area contributed by atoms with Gasteiger partial charge in [0.25, 0.3) is 0 Å². The lowest BCUT2D eigenvalue weighted by atomic mass is 10.3. The van der Waals surface area contributed by atoms with Crippen LogP contribution in [0.15, 0.2) is 27.6 Å². The van der Waals surface area contributed by atoms with Crippen molar-refractivity contribution in [2.45, 2.75) is 17.4 Å². The van der Waals surface area contributed by atoms with Gasteiger partial charge in [-0.15, -0.1) is 0 Å². The highest BCUT2D eigenvalue weighted by atomic mass is 79.9. The van der Waals surface area contributed by atoms with Gasteiger partial charge in [-0.3, -0.25) is 0 Å². The molecule has 0 radical (unpaired) electrons. The van der Waals surface area contributed by atoms with E-state index in [0.717, 1.165) is 13.0 Å². The third-order valence-corrected chi connectivity index (χ3v) is 5.33. The first kappa shape index (κ1) is 13.3. The fraction of sp³-hybridized carbons (Fsp3) is 0.400. The van der Waals surface area contributed by atoms with Crippen LogP contribution >= 0.6 is 27.5 Å². The Kier molecular flexibility index (Phi) is 4.10. The van der Waals surface area contributed by atoms with E-state index in [1.807, 2.05) is 0 Å². The maximum absolute atomic E-state index is 12.0. The average Bonchev–Trinajstić information content (AvgIpc) is 2.73. The minimum Gasteiger partial charge on any atom is -0.315 e. The second-order valence-corrected chi connectivity index (χ2v) is 6.86. The molecular weight excluding hydrogens is 328 g/mol. The summed E-state index contributed by atoms with van der Waals surface area (Å²) in [5.41, 5.74) is 0. The molecule has 4 nitrogen and oxygen atoms in total. The molecule has 0 aliphatic carbocycles. The molecule has 1 heterocycles. The lowest BCUT2D eigenvalue weighted by molar-refractivity contribution is 0.560. The van der Waals surface area contributed by atoms with Crippen LogP contribution in [0, 0.1) is 0 Å². The average molecular weight is 340 g/mol. The monoisotopic (exact) mass is 338 g/mol. The summed E-state index contributed by atoms with van der Waals surface area (Å²) in [5, 5.41) is 3.49. The van der Waals surface area contributed by atoms with Crippen LogP contribution in [-0.2, 0) is 10.0 Å². The Morgan fingerprint density at radius 1 is 1.47 bits per heavy atom. The lowest BCUT2D eigenvalue weighted by Crippen LogP contribution is -2.36. The van der Waals surface area contributed by atoms with E-state index in [-0.39, 0.29) is 10.9 Å². The summed E-state index contributed by atoms with van der Waals surface area (Å²) in [4.78, 5) is 0.192. The van der Waals surface area contributed by atoms with Crippen molar-refractivity contribution in [1.82, 2.24) is 10.0 Å².